The van der Waals surface area contributed by atoms with Gasteiger partial charge in [-0.25, -0.2) is 0 Å². The third-order valence-corrected chi connectivity index (χ3v) is 6.40. The van der Waals surface area contributed by atoms with Gasteiger partial charge in [0, 0.05) is 26.6 Å². The van der Waals surface area contributed by atoms with Gasteiger partial charge in [0.05, 0.1) is 11.6 Å². The molecule has 2 aromatic rings. The first-order valence-corrected chi connectivity index (χ1v) is 11.8. The van der Waals surface area contributed by atoms with E-state index < -0.39 is 10.1 Å². The summed E-state index contributed by atoms with van der Waals surface area (Å²) in [5, 5.41) is 0.114. The maximum absolute atomic E-state index is 12.7. The third-order valence-electron chi connectivity index (χ3n) is 4.52. The van der Waals surface area contributed by atoms with E-state index in [4.69, 9.17) is 20.5 Å². The van der Waals surface area contributed by atoms with Gasteiger partial charge in [0.2, 0.25) is 5.91 Å². The second-order valence-electron chi connectivity index (χ2n) is 8.61. The van der Waals surface area contributed by atoms with Crippen LogP contribution in [0.3, 0.4) is 0 Å². The molecule has 0 fully saturated rings. The summed E-state index contributed by atoms with van der Waals surface area (Å²) in [7, 11) is -2.47. The molecular formula is C23H30ClNO5S. The lowest BCUT2D eigenvalue weighted by atomic mass is 9.91. The molecule has 0 heterocycles. The average Bonchev–Trinajstić information content (AvgIpc) is 2.64. The van der Waals surface area contributed by atoms with Crippen molar-refractivity contribution < 1.29 is 22.1 Å². The molecule has 0 aliphatic carbocycles. The van der Waals surface area contributed by atoms with Crippen molar-refractivity contribution in [3.05, 3.63) is 58.6 Å². The highest BCUT2D eigenvalue weighted by atomic mass is 35.5. The van der Waals surface area contributed by atoms with Crippen LogP contribution < -0.4 is 4.18 Å². The number of carbonyl (C=O) groups excluding carboxylic acids is 1. The van der Waals surface area contributed by atoms with Gasteiger partial charge in [-0.1, -0.05) is 56.6 Å². The Balaban J connectivity index is 2.15. The minimum absolute atomic E-state index is 0.0424. The fraction of sp³-hybridized carbons (Fsp3) is 0.435. The van der Waals surface area contributed by atoms with Crippen LogP contribution in [0, 0.1) is 12.3 Å². The molecule has 31 heavy (non-hydrogen) atoms. The Labute approximate surface area is 190 Å². The summed E-state index contributed by atoms with van der Waals surface area (Å²) in [6.45, 7) is 9.03. The molecule has 0 N–H and O–H groups in total. The van der Waals surface area contributed by atoms with E-state index in [1.807, 2.05) is 20.8 Å². The first kappa shape index (κ1) is 25.2. The van der Waals surface area contributed by atoms with Gasteiger partial charge in [0.25, 0.3) is 0 Å². The highest BCUT2D eigenvalue weighted by Crippen LogP contribution is 2.28. The van der Waals surface area contributed by atoms with Crippen LogP contribution in [0.5, 0.6) is 5.75 Å². The van der Waals surface area contributed by atoms with E-state index in [2.05, 4.69) is 0 Å². The monoisotopic (exact) mass is 467 g/mol. The number of nitrogens with zero attached hydrogens (tertiary/aromatic N) is 1. The van der Waals surface area contributed by atoms with Gasteiger partial charge < -0.3 is 13.8 Å². The van der Waals surface area contributed by atoms with Crippen LogP contribution >= 0.6 is 11.6 Å². The summed E-state index contributed by atoms with van der Waals surface area (Å²) in [6.07, 6.45) is 0.424. The standard InChI is InChI=1S/C23H30ClNO5S/c1-17-7-6-8-20(24)22(17)31(27,28)30-19-11-9-18(10-12-19)16-25(13-14-29-5)21(26)15-23(2,3)4/h6-12H,13-16H2,1-5H3. The van der Waals surface area contributed by atoms with Crippen molar-refractivity contribution in [2.24, 2.45) is 5.41 Å². The molecule has 0 saturated heterocycles. The van der Waals surface area contributed by atoms with E-state index in [1.54, 1.807) is 55.3 Å². The molecular weight excluding hydrogens is 438 g/mol. The minimum Gasteiger partial charge on any atom is -0.383 e. The van der Waals surface area contributed by atoms with Gasteiger partial charge in [-0.3, -0.25) is 4.79 Å². The number of amides is 1. The molecule has 0 atom stereocenters. The van der Waals surface area contributed by atoms with Crippen molar-refractivity contribution in [2.45, 2.75) is 45.6 Å². The fourth-order valence-corrected chi connectivity index (χ4v) is 4.75. The van der Waals surface area contributed by atoms with Gasteiger partial charge in [0.15, 0.2) is 0 Å². The SMILES string of the molecule is COCCN(Cc1ccc(OS(=O)(=O)c2c(C)cccc2Cl)cc1)C(=O)CC(C)(C)C. The van der Waals surface area contributed by atoms with Crippen molar-refractivity contribution in [3.8, 4) is 5.75 Å². The molecule has 0 spiro atoms. The van der Waals surface area contributed by atoms with E-state index in [1.165, 1.54) is 6.07 Å². The molecule has 1 amide bonds. The predicted octanol–water partition coefficient (Wildman–Crippen LogP) is 4.83. The predicted molar refractivity (Wildman–Crippen MR) is 122 cm³/mol. The normalized spacial score (nSPS) is 11.9. The number of benzene rings is 2. The van der Waals surface area contributed by atoms with E-state index >= 15 is 0 Å². The van der Waals surface area contributed by atoms with E-state index in [0.717, 1.165) is 5.56 Å². The van der Waals surface area contributed by atoms with Gasteiger partial charge in [0.1, 0.15) is 10.6 Å². The molecule has 8 heteroatoms. The van der Waals surface area contributed by atoms with Gasteiger partial charge in [-0.2, -0.15) is 8.42 Å². The Kier molecular flexibility index (Phi) is 8.51. The Morgan fingerprint density at radius 3 is 2.29 bits per heavy atom. The van der Waals surface area contributed by atoms with Crippen LogP contribution in [0.4, 0.5) is 0 Å². The van der Waals surface area contributed by atoms with Gasteiger partial charge >= 0.3 is 10.1 Å². The van der Waals surface area contributed by atoms with Crippen LogP contribution in [-0.2, 0) is 26.2 Å². The fourth-order valence-electron chi connectivity index (χ4n) is 3.03. The Hall–Kier alpha value is -2.09. The lowest BCUT2D eigenvalue weighted by molar-refractivity contribution is -0.134. The lowest BCUT2D eigenvalue weighted by Gasteiger charge is -2.26. The topological polar surface area (TPSA) is 72.9 Å². The molecule has 0 radical (unpaired) electrons. The Morgan fingerprint density at radius 1 is 1.10 bits per heavy atom. The zero-order chi connectivity index (χ0) is 23.2. The molecule has 0 bridgehead atoms. The molecule has 2 aromatic carbocycles. The van der Waals surface area contributed by atoms with Crippen molar-refractivity contribution in [2.75, 3.05) is 20.3 Å². The van der Waals surface area contributed by atoms with Crippen molar-refractivity contribution in [1.29, 1.82) is 0 Å². The minimum atomic E-state index is -4.07. The molecule has 0 aromatic heterocycles. The quantitative estimate of drug-likeness (QED) is 0.494. The second kappa shape index (κ2) is 10.5. The van der Waals surface area contributed by atoms with Crippen molar-refractivity contribution >= 4 is 27.6 Å². The zero-order valence-electron chi connectivity index (χ0n) is 18.6. The summed E-state index contributed by atoms with van der Waals surface area (Å²) in [5.74, 6) is 0.217. The Morgan fingerprint density at radius 2 is 1.74 bits per heavy atom. The summed E-state index contributed by atoms with van der Waals surface area (Å²) >= 11 is 6.07. The Bertz CT molecular complexity index is 977. The molecule has 0 saturated carbocycles. The van der Waals surface area contributed by atoms with Crippen LogP contribution in [0.2, 0.25) is 5.02 Å². The highest BCUT2D eigenvalue weighted by molar-refractivity contribution is 7.87. The first-order chi connectivity index (χ1) is 14.4. The zero-order valence-corrected chi connectivity index (χ0v) is 20.2. The molecule has 0 unspecified atom stereocenters. The highest BCUT2D eigenvalue weighted by Gasteiger charge is 2.23. The maximum atomic E-state index is 12.7. The molecule has 2 rings (SSSR count). The molecule has 6 nitrogen and oxygen atoms in total. The van der Waals surface area contributed by atoms with Crippen LogP contribution in [-0.4, -0.2) is 39.5 Å². The van der Waals surface area contributed by atoms with Crippen molar-refractivity contribution in [1.82, 2.24) is 4.90 Å². The molecule has 0 aliphatic heterocycles. The summed E-state index contributed by atoms with van der Waals surface area (Å²) < 4.78 is 35.8. The van der Waals surface area contributed by atoms with E-state index in [0.29, 0.717) is 31.7 Å². The lowest BCUT2D eigenvalue weighted by Crippen LogP contribution is -2.35. The number of aryl methyl sites for hydroxylation is 1. The number of carbonyl (C=O) groups is 1. The number of methoxy groups -OCH3 is 1. The smallest absolute Gasteiger partial charge is 0.340 e. The maximum Gasteiger partial charge on any atom is 0.340 e. The van der Waals surface area contributed by atoms with Gasteiger partial charge in [-0.05, 0) is 41.7 Å². The first-order valence-electron chi connectivity index (χ1n) is 9.98. The largest absolute Gasteiger partial charge is 0.383 e. The number of rotatable bonds is 9. The number of halogens is 1. The second-order valence-corrected chi connectivity index (χ2v) is 10.5. The number of ether oxygens (including phenoxy) is 1. The van der Waals surface area contributed by atoms with Gasteiger partial charge in [-0.15, -0.1) is 0 Å². The molecule has 0 aliphatic rings. The third kappa shape index (κ3) is 7.52. The van der Waals surface area contributed by atoms with Crippen LogP contribution in [0.1, 0.15) is 38.3 Å². The summed E-state index contributed by atoms with van der Waals surface area (Å²) in [6, 6.07) is 11.5. The van der Waals surface area contributed by atoms with E-state index in [9.17, 15) is 13.2 Å². The number of hydrogen-bond acceptors (Lipinski definition) is 5. The van der Waals surface area contributed by atoms with Crippen LogP contribution in [0.25, 0.3) is 0 Å². The average molecular weight is 468 g/mol. The van der Waals surface area contributed by atoms with Crippen molar-refractivity contribution in [3.63, 3.8) is 0 Å². The van der Waals surface area contributed by atoms with E-state index in [-0.39, 0.29) is 27.0 Å². The van der Waals surface area contributed by atoms with Crippen LogP contribution in [0.15, 0.2) is 47.4 Å². The summed E-state index contributed by atoms with van der Waals surface area (Å²) in [5.41, 5.74) is 1.25. The number of hydrogen-bond donors (Lipinski definition) is 0. The molecule has 170 valence electrons. The summed E-state index contributed by atoms with van der Waals surface area (Å²) in [4.78, 5) is 14.4.